The normalized spacial score (nSPS) is 11.2. The number of benzene rings is 3. The molecule has 0 amide bonds. The smallest absolute Gasteiger partial charge is 0.411 e. The first-order valence-corrected chi connectivity index (χ1v) is 7.91. The van der Waals surface area contributed by atoms with Crippen molar-refractivity contribution >= 4 is 16.6 Å². The van der Waals surface area contributed by atoms with Crippen LogP contribution in [0, 0.1) is 0 Å². The molecule has 0 bridgehead atoms. The fourth-order valence-corrected chi connectivity index (χ4v) is 3.58. The summed E-state index contributed by atoms with van der Waals surface area (Å²) >= 11 is 0.651. The molecule has 0 saturated heterocycles. The molecule has 3 aromatic carbocycles. The monoisotopic (exact) mass is 288 g/mol. The maximum atomic E-state index is 6.24. The highest BCUT2D eigenvalue weighted by Crippen LogP contribution is 2.39. The van der Waals surface area contributed by atoms with E-state index in [2.05, 4.69) is 72.8 Å². The van der Waals surface area contributed by atoms with Crippen LogP contribution in [0.5, 0.6) is 0 Å². The van der Waals surface area contributed by atoms with Crippen LogP contribution in [0.4, 0.5) is 0 Å². The van der Waals surface area contributed by atoms with Crippen molar-refractivity contribution in [1.29, 1.82) is 0 Å². The second-order valence-corrected chi connectivity index (χ2v) is 5.39. The minimum atomic E-state index is -0.518. The van der Waals surface area contributed by atoms with Gasteiger partial charge >= 0.3 is 16.6 Å². The van der Waals surface area contributed by atoms with Crippen LogP contribution >= 0.6 is 0 Å². The summed E-state index contributed by atoms with van der Waals surface area (Å²) in [5.74, 6) is 0. The zero-order chi connectivity index (χ0) is 14.5. The van der Waals surface area contributed by atoms with Gasteiger partial charge < -0.3 is 3.79 Å². The molecule has 2 heteroatoms. The molecule has 3 aromatic rings. The summed E-state index contributed by atoms with van der Waals surface area (Å²) in [7, 11) is 0. The van der Waals surface area contributed by atoms with Crippen molar-refractivity contribution in [2.24, 2.45) is 0 Å². The van der Waals surface area contributed by atoms with Crippen LogP contribution in [0.25, 0.3) is 0 Å². The lowest BCUT2D eigenvalue weighted by Gasteiger charge is -2.36. The maximum Gasteiger partial charge on any atom is 0.411 e. The molecule has 0 heterocycles. The third-order valence-corrected chi connectivity index (χ3v) is 4.46. The lowest BCUT2D eigenvalue weighted by atomic mass is 9.80. The second kappa shape index (κ2) is 6.28. The highest BCUT2D eigenvalue weighted by atomic mass is 27.1. The van der Waals surface area contributed by atoms with Crippen molar-refractivity contribution in [3.8, 4) is 0 Å². The zero-order valence-corrected chi connectivity index (χ0v) is 14.1. The topological polar surface area (TPSA) is 9.23 Å². The number of hydrogen-bond acceptors (Lipinski definition) is 1. The van der Waals surface area contributed by atoms with E-state index in [-0.39, 0.29) is 0 Å². The Hall–Kier alpha value is -1.85. The van der Waals surface area contributed by atoms with Crippen molar-refractivity contribution in [1.82, 2.24) is 0 Å². The van der Waals surface area contributed by atoms with Crippen LogP contribution in [0.3, 0.4) is 0 Å². The first kappa shape index (κ1) is 14.1. The molecule has 0 unspecified atom stereocenters. The molecule has 0 radical (unpaired) electrons. The van der Waals surface area contributed by atoms with E-state index in [0.29, 0.717) is 16.6 Å². The summed E-state index contributed by atoms with van der Waals surface area (Å²) in [6, 6.07) is 31.3. The summed E-state index contributed by atoms with van der Waals surface area (Å²) in [4.78, 5) is 0. The summed E-state index contributed by atoms with van der Waals surface area (Å²) in [5.41, 5.74) is 2.97. The molecule has 0 atom stereocenters. The average Bonchev–Trinajstić information content (AvgIpc) is 2.59. The molecule has 1 nitrogen and oxygen atoms in total. The van der Waals surface area contributed by atoms with Crippen molar-refractivity contribution in [3.63, 3.8) is 0 Å². The van der Waals surface area contributed by atoms with Gasteiger partial charge in [-0.15, -0.1) is 0 Å². The van der Waals surface area contributed by atoms with Crippen LogP contribution in [0.2, 0.25) is 0 Å². The zero-order valence-electron chi connectivity index (χ0n) is 12.1. The molecule has 0 spiro atoms. The Morgan fingerprint density at radius 2 is 0.810 bits per heavy atom. The average molecular weight is 288 g/mol. The predicted molar refractivity (Wildman–Crippen MR) is 88.8 cm³/mol. The first-order chi connectivity index (χ1) is 10.4. The van der Waals surface area contributed by atoms with Gasteiger partial charge in [-0.05, 0) is 16.7 Å². The molecule has 0 N–H and O–H groups in total. The summed E-state index contributed by atoms with van der Waals surface area (Å²) in [5, 5.41) is 0. The van der Waals surface area contributed by atoms with Crippen molar-refractivity contribution < 1.29 is 3.79 Å². The predicted octanol–water partition coefficient (Wildman–Crippen LogP) is 3.54. The molecule has 0 aliphatic carbocycles. The van der Waals surface area contributed by atoms with Crippen molar-refractivity contribution in [2.75, 3.05) is 0 Å². The Morgan fingerprint density at radius 1 is 0.524 bits per heavy atom. The summed E-state index contributed by atoms with van der Waals surface area (Å²) in [6.45, 7) is 0. The van der Waals surface area contributed by atoms with Gasteiger partial charge in [-0.2, -0.15) is 0 Å². The van der Waals surface area contributed by atoms with Gasteiger partial charge in [-0.3, -0.25) is 0 Å². The third-order valence-electron chi connectivity index (χ3n) is 3.85. The van der Waals surface area contributed by atoms with E-state index in [9.17, 15) is 0 Å². The van der Waals surface area contributed by atoms with Gasteiger partial charge in [-0.1, -0.05) is 91.0 Å². The van der Waals surface area contributed by atoms with Gasteiger partial charge in [0.1, 0.15) is 5.60 Å². The maximum absolute atomic E-state index is 6.24. The van der Waals surface area contributed by atoms with Crippen LogP contribution in [-0.4, -0.2) is 16.6 Å². The fourth-order valence-electron chi connectivity index (χ4n) is 2.87. The second-order valence-electron chi connectivity index (χ2n) is 4.98. The Balaban J connectivity index is 2.29. The summed E-state index contributed by atoms with van der Waals surface area (Å²) in [6.07, 6.45) is 0. The van der Waals surface area contributed by atoms with E-state index in [1.165, 1.54) is 0 Å². The van der Waals surface area contributed by atoms with Crippen molar-refractivity contribution in [3.05, 3.63) is 108 Å². The Labute approximate surface area is 134 Å². The highest BCUT2D eigenvalue weighted by Gasteiger charge is 2.34. The lowest BCUT2D eigenvalue weighted by Crippen LogP contribution is -2.32. The minimum absolute atomic E-state index is 0.518. The van der Waals surface area contributed by atoms with Crippen LogP contribution in [0.1, 0.15) is 16.7 Å². The largest absolute Gasteiger partial charge is 0.491 e. The van der Waals surface area contributed by atoms with E-state index < -0.39 is 5.60 Å². The number of rotatable bonds is 4. The summed E-state index contributed by atoms with van der Waals surface area (Å²) < 4.78 is 6.24. The molecule has 0 saturated carbocycles. The van der Waals surface area contributed by atoms with Gasteiger partial charge in [0, 0.05) is 0 Å². The van der Waals surface area contributed by atoms with E-state index in [4.69, 9.17) is 3.79 Å². The molecule has 0 aliphatic heterocycles. The molecule has 3 rings (SSSR count). The van der Waals surface area contributed by atoms with Gasteiger partial charge in [0.2, 0.25) is 0 Å². The molecular weight excluding hydrogens is 271 g/mol. The van der Waals surface area contributed by atoms with Crippen LogP contribution in [-0.2, 0) is 9.39 Å². The molecule has 102 valence electrons. The van der Waals surface area contributed by atoms with Gasteiger partial charge in [0.25, 0.3) is 0 Å². The van der Waals surface area contributed by atoms with E-state index in [1.54, 1.807) is 0 Å². The van der Waals surface area contributed by atoms with E-state index >= 15 is 0 Å². The molecule has 0 fully saturated rings. The standard InChI is InChI=1S/C19H15O.Al.2H/c20-19(16-10-4-1-5-11-16,17-12-6-2-7-13-17)18-14-8-3-9-15-18;;;/h1-15H;;;/q-1;+1;;. The first-order valence-electron chi connectivity index (χ1n) is 7.09. The Kier molecular flexibility index (Phi) is 4.22. The van der Waals surface area contributed by atoms with Crippen LogP contribution < -0.4 is 0 Å². The SMILES string of the molecule is [AlH2][O]C(c1ccccc1)(c1ccccc1)c1ccccc1. The molecule has 0 aliphatic rings. The van der Waals surface area contributed by atoms with Gasteiger partial charge in [0.15, 0.2) is 0 Å². The third kappa shape index (κ3) is 2.54. The Morgan fingerprint density at radius 3 is 1.05 bits per heavy atom. The minimum Gasteiger partial charge on any atom is -0.491 e. The number of hydrogen-bond donors (Lipinski definition) is 0. The van der Waals surface area contributed by atoms with Gasteiger partial charge in [0.05, 0.1) is 0 Å². The van der Waals surface area contributed by atoms with Crippen LogP contribution in [0.15, 0.2) is 91.0 Å². The van der Waals surface area contributed by atoms with E-state index in [1.807, 2.05) is 18.2 Å². The highest BCUT2D eigenvalue weighted by molar-refractivity contribution is 5.99. The quantitative estimate of drug-likeness (QED) is 0.527. The van der Waals surface area contributed by atoms with Crippen molar-refractivity contribution in [2.45, 2.75) is 5.60 Å². The fraction of sp³-hybridized carbons (Fsp3) is 0.0526. The van der Waals surface area contributed by atoms with E-state index in [0.717, 1.165) is 16.7 Å². The molecule has 21 heavy (non-hydrogen) atoms. The van der Waals surface area contributed by atoms with Gasteiger partial charge in [-0.25, -0.2) is 0 Å². The molecular formula is C19H17AlO. The molecule has 0 aromatic heterocycles. The Bertz CT molecular complexity index is 584. The lowest BCUT2D eigenvalue weighted by molar-refractivity contribution is 0.173.